The molecule has 22 heavy (non-hydrogen) atoms. The highest BCUT2D eigenvalue weighted by molar-refractivity contribution is 9.10. The van der Waals surface area contributed by atoms with Gasteiger partial charge in [-0.1, -0.05) is 34.1 Å². The molecule has 0 unspecified atom stereocenters. The van der Waals surface area contributed by atoms with Crippen LogP contribution >= 0.6 is 15.9 Å². The number of ether oxygens (including phenoxy) is 1. The SMILES string of the molecule is COc1ccc(Br)c2cccc(NC(=O)c3ccccn3)c12. The summed E-state index contributed by atoms with van der Waals surface area (Å²) in [6.45, 7) is 0. The van der Waals surface area contributed by atoms with E-state index in [1.54, 1.807) is 31.5 Å². The lowest BCUT2D eigenvalue weighted by atomic mass is 10.1. The number of anilines is 1. The van der Waals surface area contributed by atoms with E-state index in [4.69, 9.17) is 4.74 Å². The Balaban J connectivity index is 2.08. The fourth-order valence-electron chi connectivity index (χ4n) is 2.30. The molecule has 0 radical (unpaired) electrons. The van der Waals surface area contributed by atoms with Gasteiger partial charge in [-0.2, -0.15) is 0 Å². The number of hydrogen-bond donors (Lipinski definition) is 1. The van der Waals surface area contributed by atoms with Crippen molar-refractivity contribution in [3.8, 4) is 5.75 Å². The predicted octanol–water partition coefficient (Wildman–Crippen LogP) is 4.26. The maximum Gasteiger partial charge on any atom is 0.274 e. The van der Waals surface area contributed by atoms with Crippen molar-refractivity contribution in [2.75, 3.05) is 12.4 Å². The standard InChI is InChI=1S/C17H13BrN2O2/c1-22-15-9-8-12(18)11-5-4-7-13(16(11)15)20-17(21)14-6-2-3-10-19-14/h2-10H,1H3,(H,20,21). The molecule has 3 rings (SSSR count). The van der Waals surface area contributed by atoms with Crippen molar-refractivity contribution in [2.45, 2.75) is 0 Å². The fourth-order valence-corrected chi connectivity index (χ4v) is 2.76. The highest BCUT2D eigenvalue weighted by atomic mass is 79.9. The number of benzene rings is 2. The first-order chi connectivity index (χ1) is 10.7. The molecule has 0 saturated carbocycles. The Morgan fingerprint density at radius 2 is 2.00 bits per heavy atom. The lowest BCUT2D eigenvalue weighted by Crippen LogP contribution is -2.13. The number of methoxy groups -OCH3 is 1. The van der Waals surface area contributed by atoms with E-state index < -0.39 is 0 Å². The predicted molar refractivity (Wildman–Crippen MR) is 90.4 cm³/mol. The van der Waals surface area contributed by atoms with Crippen LogP contribution in [-0.4, -0.2) is 18.0 Å². The number of amides is 1. The summed E-state index contributed by atoms with van der Waals surface area (Å²) in [5, 5.41) is 4.72. The van der Waals surface area contributed by atoms with Gasteiger partial charge in [0.1, 0.15) is 11.4 Å². The van der Waals surface area contributed by atoms with Gasteiger partial charge >= 0.3 is 0 Å². The van der Waals surface area contributed by atoms with Gasteiger partial charge in [0.25, 0.3) is 5.91 Å². The van der Waals surface area contributed by atoms with Crippen LogP contribution in [0.1, 0.15) is 10.5 Å². The zero-order chi connectivity index (χ0) is 15.5. The fraction of sp³-hybridized carbons (Fsp3) is 0.0588. The van der Waals surface area contributed by atoms with Crippen LogP contribution < -0.4 is 10.1 Å². The molecule has 1 N–H and O–H groups in total. The molecule has 4 nitrogen and oxygen atoms in total. The first-order valence-corrected chi connectivity index (χ1v) is 7.47. The Morgan fingerprint density at radius 1 is 1.14 bits per heavy atom. The normalized spacial score (nSPS) is 10.5. The smallest absolute Gasteiger partial charge is 0.274 e. The highest BCUT2D eigenvalue weighted by Crippen LogP contribution is 2.36. The van der Waals surface area contributed by atoms with Crippen molar-refractivity contribution in [1.82, 2.24) is 4.98 Å². The minimum Gasteiger partial charge on any atom is -0.496 e. The number of pyridine rings is 1. The third-order valence-electron chi connectivity index (χ3n) is 3.31. The van der Waals surface area contributed by atoms with Gasteiger partial charge in [0.05, 0.1) is 12.8 Å². The van der Waals surface area contributed by atoms with E-state index in [1.807, 2.05) is 30.3 Å². The summed E-state index contributed by atoms with van der Waals surface area (Å²) in [4.78, 5) is 16.4. The summed E-state index contributed by atoms with van der Waals surface area (Å²) in [6, 6.07) is 14.7. The van der Waals surface area contributed by atoms with Crippen molar-refractivity contribution in [1.29, 1.82) is 0 Å². The van der Waals surface area contributed by atoms with Gasteiger partial charge in [0.15, 0.2) is 0 Å². The quantitative estimate of drug-likeness (QED) is 0.762. The van der Waals surface area contributed by atoms with Crippen LogP contribution in [0.4, 0.5) is 5.69 Å². The summed E-state index contributed by atoms with van der Waals surface area (Å²) in [5.41, 5.74) is 1.06. The molecule has 0 bridgehead atoms. The van der Waals surface area contributed by atoms with Gasteiger partial charge in [0.2, 0.25) is 0 Å². The van der Waals surface area contributed by atoms with Crippen LogP contribution in [0.5, 0.6) is 5.75 Å². The van der Waals surface area contributed by atoms with E-state index in [0.717, 1.165) is 15.2 Å². The number of nitrogens with zero attached hydrogens (tertiary/aromatic N) is 1. The molecule has 3 aromatic rings. The molecule has 0 spiro atoms. The summed E-state index contributed by atoms with van der Waals surface area (Å²) in [7, 11) is 1.61. The Kier molecular flexibility index (Phi) is 4.06. The maximum atomic E-state index is 12.3. The van der Waals surface area contributed by atoms with Crippen molar-refractivity contribution in [3.05, 3.63) is 64.9 Å². The van der Waals surface area contributed by atoms with Crippen LogP contribution in [-0.2, 0) is 0 Å². The Labute approximate surface area is 136 Å². The molecule has 5 heteroatoms. The number of nitrogens with one attached hydrogen (secondary N) is 1. The first kappa shape index (κ1) is 14.5. The second-order valence-electron chi connectivity index (χ2n) is 4.65. The molecule has 110 valence electrons. The summed E-state index contributed by atoms with van der Waals surface area (Å²) >= 11 is 3.52. The molecule has 0 aliphatic carbocycles. The van der Waals surface area contributed by atoms with Crippen LogP contribution in [0.2, 0.25) is 0 Å². The molecule has 1 heterocycles. The molecular weight excluding hydrogens is 344 g/mol. The number of aromatic nitrogens is 1. The van der Waals surface area contributed by atoms with Crippen molar-refractivity contribution in [3.63, 3.8) is 0 Å². The zero-order valence-corrected chi connectivity index (χ0v) is 13.4. The highest BCUT2D eigenvalue weighted by Gasteiger charge is 2.13. The Morgan fingerprint density at radius 3 is 2.73 bits per heavy atom. The van der Waals surface area contributed by atoms with E-state index in [9.17, 15) is 4.79 Å². The number of carbonyl (C=O) groups is 1. The third-order valence-corrected chi connectivity index (χ3v) is 4.01. The second kappa shape index (κ2) is 6.15. The largest absolute Gasteiger partial charge is 0.496 e. The monoisotopic (exact) mass is 356 g/mol. The van der Waals surface area contributed by atoms with E-state index in [0.29, 0.717) is 17.1 Å². The Hall–Kier alpha value is -2.40. The van der Waals surface area contributed by atoms with E-state index in [1.165, 1.54) is 0 Å². The molecule has 2 aromatic carbocycles. The zero-order valence-electron chi connectivity index (χ0n) is 11.8. The van der Waals surface area contributed by atoms with Crippen LogP contribution in [0.3, 0.4) is 0 Å². The van der Waals surface area contributed by atoms with Gasteiger partial charge in [-0.05, 0) is 30.3 Å². The average Bonchev–Trinajstić information content (AvgIpc) is 2.56. The molecule has 0 aliphatic heterocycles. The molecule has 0 saturated heterocycles. The van der Waals surface area contributed by atoms with Gasteiger partial charge in [-0.25, -0.2) is 0 Å². The van der Waals surface area contributed by atoms with Crippen molar-refractivity contribution < 1.29 is 9.53 Å². The molecular formula is C17H13BrN2O2. The van der Waals surface area contributed by atoms with Crippen LogP contribution in [0, 0.1) is 0 Å². The number of rotatable bonds is 3. The number of halogens is 1. The maximum absolute atomic E-state index is 12.3. The van der Waals surface area contributed by atoms with Crippen LogP contribution in [0.25, 0.3) is 10.8 Å². The third kappa shape index (κ3) is 2.67. The first-order valence-electron chi connectivity index (χ1n) is 6.68. The summed E-state index contributed by atoms with van der Waals surface area (Å²) in [5.74, 6) is 0.449. The molecule has 1 aromatic heterocycles. The van der Waals surface area contributed by atoms with Gasteiger partial charge in [-0.3, -0.25) is 9.78 Å². The Bertz CT molecular complexity index is 835. The van der Waals surface area contributed by atoms with E-state index in [-0.39, 0.29) is 5.91 Å². The lowest BCUT2D eigenvalue weighted by Gasteiger charge is -2.13. The second-order valence-corrected chi connectivity index (χ2v) is 5.50. The summed E-state index contributed by atoms with van der Waals surface area (Å²) in [6.07, 6.45) is 1.59. The number of carbonyl (C=O) groups excluding carboxylic acids is 1. The van der Waals surface area contributed by atoms with E-state index in [2.05, 4.69) is 26.2 Å². The van der Waals surface area contributed by atoms with Crippen LogP contribution in [0.15, 0.2) is 59.2 Å². The molecule has 0 atom stereocenters. The molecule has 1 amide bonds. The van der Waals surface area contributed by atoms with Crippen molar-refractivity contribution >= 4 is 38.3 Å². The topological polar surface area (TPSA) is 51.2 Å². The molecule has 0 aliphatic rings. The minimum absolute atomic E-state index is 0.255. The number of hydrogen-bond acceptors (Lipinski definition) is 3. The average molecular weight is 357 g/mol. The van der Waals surface area contributed by atoms with Gasteiger partial charge in [0, 0.05) is 21.4 Å². The van der Waals surface area contributed by atoms with Gasteiger partial charge in [-0.15, -0.1) is 0 Å². The molecule has 0 fully saturated rings. The van der Waals surface area contributed by atoms with E-state index >= 15 is 0 Å². The van der Waals surface area contributed by atoms with Crippen molar-refractivity contribution in [2.24, 2.45) is 0 Å². The summed E-state index contributed by atoms with van der Waals surface area (Å²) < 4.78 is 6.36. The lowest BCUT2D eigenvalue weighted by molar-refractivity contribution is 0.102. The minimum atomic E-state index is -0.255. The van der Waals surface area contributed by atoms with Gasteiger partial charge < -0.3 is 10.1 Å². The number of fused-ring (bicyclic) bond motifs is 1.